The first kappa shape index (κ1) is 11.4. The number of carbonyl (C=O) groups excluding carboxylic acids is 2. The molecule has 17 heavy (non-hydrogen) atoms. The number of nitrogens with zero attached hydrogens (tertiary/aromatic N) is 1. The molecule has 0 spiro atoms. The zero-order valence-electron chi connectivity index (χ0n) is 9.40. The molecule has 0 saturated carbocycles. The van der Waals surface area contributed by atoms with E-state index in [-0.39, 0.29) is 17.4 Å². The highest BCUT2D eigenvalue weighted by Gasteiger charge is 2.30. The molecule has 1 saturated heterocycles. The Morgan fingerprint density at radius 2 is 2.24 bits per heavy atom. The van der Waals surface area contributed by atoms with Gasteiger partial charge in [-0.1, -0.05) is 0 Å². The monoisotopic (exact) mass is 235 g/mol. The molecular formula is C11H13N3O3. The van der Waals surface area contributed by atoms with E-state index < -0.39 is 6.04 Å². The number of hydrogen-bond donors (Lipinski definition) is 2. The van der Waals surface area contributed by atoms with Gasteiger partial charge >= 0.3 is 0 Å². The van der Waals surface area contributed by atoms with Gasteiger partial charge in [0, 0.05) is 25.9 Å². The molecule has 1 fully saturated rings. The van der Waals surface area contributed by atoms with Gasteiger partial charge in [0.2, 0.25) is 11.5 Å². The van der Waals surface area contributed by atoms with E-state index >= 15 is 0 Å². The lowest BCUT2D eigenvalue weighted by atomic mass is 10.2. The lowest BCUT2D eigenvalue weighted by Crippen LogP contribution is -2.40. The molecule has 0 radical (unpaired) electrons. The van der Waals surface area contributed by atoms with Crippen molar-refractivity contribution in [1.82, 2.24) is 15.2 Å². The van der Waals surface area contributed by atoms with Gasteiger partial charge in [0.05, 0.1) is 5.56 Å². The first-order valence-electron chi connectivity index (χ1n) is 5.32. The Kier molecular flexibility index (Phi) is 2.95. The van der Waals surface area contributed by atoms with E-state index in [1.807, 2.05) is 0 Å². The molecule has 6 heteroatoms. The number of amides is 2. The van der Waals surface area contributed by atoms with Crippen LogP contribution in [0.1, 0.15) is 16.8 Å². The van der Waals surface area contributed by atoms with Gasteiger partial charge in [0.1, 0.15) is 6.04 Å². The minimum absolute atomic E-state index is 0.0808. The number of pyridine rings is 1. The van der Waals surface area contributed by atoms with Crippen LogP contribution in [-0.4, -0.2) is 41.3 Å². The van der Waals surface area contributed by atoms with Gasteiger partial charge in [0.15, 0.2) is 0 Å². The number of aromatic amines is 1. The molecule has 1 aliphatic heterocycles. The third-order valence-electron chi connectivity index (χ3n) is 2.78. The maximum Gasteiger partial charge on any atom is 0.253 e. The summed E-state index contributed by atoms with van der Waals surface area (Å²) in [5.74, 6) is -0.433. The Labute approximate surface area is 97.6 Å². The predicted octanol–water partition coefficient (Wildman–Crippen LogP) is -0.665. The maximum absolute atomic E-state index is 11.8. The highest BCUT2D eigenvalue weighted by molar-refractivity contribution is 5.97. The van der Waals surface area contributed by atoms with Crippen LogP contribution in [-0.2, 0) is 4.79 Å². The maximum atomic E-state index is 11.8. The quantitative estimate of drug-likeness (QED) is 0.713. The van der Waals surface area contributed by atoms with Crippen molar-refractivity contribution >= 4 is 11.8 Å². The summed E-state index contributed by atoms with van der Waals surface area (Å²) in [4.78, 5) is 38.2. The molecule has 1 atom stereocenters. The molecule has 2 rings (SSSR count). The van der Waals surface area contributed by atoms with Crippen LogP contribution in [0.15, 0.2) is 23.1 Å². The minimum Gasteiger partial charge on any atom is -0.344 e. The third kappa shape index (κ3) is 2.35. The number of aromatic nitrogens is 1. The topological polar surface area (TPSA) is 82.3 Å². The molecular weight excluding hydrogens is 222 g/mol. The van der Waals surface area contributed by atoms with Crippen molar-refractivity contribution in [3.05, 3.63) is 34.2 Å². The Bertz CT molecular complexity index is 488. The van der Waals surface area contributed by atoms with Crippen LogP contribution >= 0.6 is 0 Å². The van der Waals surface area contributed by atoms with Gasteiger partial charge in [-0.05, 0) is 12.5 Å². The zero-order chi connectivity index (χ0) is 12.4. The summed E-state index contributed by atoms with van der Waals surface area (Å²) >= 11 is 0. The largest absolute Gasteiger partial charge is 0.344 e. The number of nitrogens with one attached hydrogen (secondary N) is 2. The van der Waals surface area contributed by atoms with Crippen LogP contribution < -0.4 is 10.9 Å². The van der Waals surface area contributed by atoms with Crippen LogP contribution in [0.4, 0.5) is 0 Å². The fourth-order valence-electron chi connectivity index (χ4n) is 1.75. The minimum atomic E-state index is -0.459. The molecule has 0 bridgehead atoms. The van der Waals surface area contributed by atoms with Crippen molar-refractivity contribution in [2.24, 2.45) is 0 Å². The number of hydrogen-bond acceptors (Lipinski definition) is 3. The van der Waals surface area contributed by atoms with Crippen molar-refractivity contribution in [3.63, 3.8) is 0 Å². The smallest absolute Gasteiger partial charge is 0.253 e. The van der Waals surface area contributed by atoms with Crippen molar-refractivity contribution in [2.45, 2.75) is 12.5 Å². The van der Waals surface area contributed by atoms with E-state index in [9.17, 15) is 14.4 Å². The third-order valence-corrected chi connectivity index (χ3v) is 2.78. The molecule has 1 aromatic heterocycles. The Balaban J connectivity index is 2.05. The van der Waals surface area contributed by atoms with Crippen molar-refractivity contribution < 1.29 is 9.59 Å². The second-order valence-electron chi connectivity index (χ2n) is 4.02. The van der Waals surface area contributed by atoms with E-state index in [0.717, 1.165) is 0 Å². The highest BCUT2D eigenvalue weighted by atomic mass is 16.2. The van der Waals surface area contributed by atoms with Gasteiger partial charge in [-0.25, -0.2) is 0 Å². The normalized spacial score (nSPS) is 19.5. The number of likely N-dealkylation sites (N-methyl/N-ethyl adjacent to an activating group) is 1. The van der Waals surface area contributed by atoms with Gasteiger partial charge in [0.25, 0.3) is 5.91 Å². The van der Waals surface area contributed by atoms with Gasteiger partial charge in [-0.15, -0.1) is 0 Å². The van der Waals surface area contributed by atoms with Crippen LogP contribution in [0.2, 0.25) is 0 Å². The second-order valence-corrected chi connectivity index (χ2v) is 4.02. The molecule has 90 valence electrons. The van der Waals surface area contributed by atoms with E-state index in [2.05, 4.69) is 10.3 Å². The van der Waals surface area contributed by atoms with E-state index in [1.54, 1.807) is 11.9 Å². The van der Waals surface area contributed by atoms with Crippen LogP contribution in [0, 0.1) is 0 Å². The molecule has 2 amide bonds. The van der Waals surface area contributed by atoms with E-state index in [4.69, 9.17) is 0 Å². The summed E-state index contributed by atoms with van der Waals surface area (Å²) < 4.78 is 0. The Hall–Kier alpha value is -2.11. The second kappa shape index (κ2) is 4.40. The molecule has 2 N–H and O–H groups in total. The van der Waals surface area contributed by atoms with Gasteiger partial charge in [-0.3, -0.25) is 14.4 Å². The summed E-state index contributed by atoms with van der Waals surface area (Å²) in [6.45, 7) is 0.648. The summed E-state index contributed by atoms with van der Waals surface area (Å²) in [7, 11) is 1.70. The number of rotatable bonds is 2. The van der Waals surface area contributed by atoms with Gasteiger partial charge in [-0.2, -0.15) is 0 Å². The number of H-pyrrole nitrogens is 1. The molecule has 1 unspecified atom stereocenters. The fourth-order valence-corrected chi connectivity index (χ4v) is 1.75. The lowest BCUT2D eigenvalue weighted by molar-refractivity contribution is -0.128. The lowest BCUT2D eigenvalue weighted by Gasteiger charge is -2.11. The predicted molar refractivity (Wildman–Crippen MR) is 60.6 cm³/mol. The zero-order valence-corrected chi connectivity index (χ0v) is 9.40. The molecule has 6 nitrogen and oxygen atoms in total. The standard InChI is InChI=1S/C11H13N3O3/c1-14-5-4-8(11(14)17)13-10(16)7-2-3-9(15)12-6-7/h2-3,6,8H,4-5H2,1H3,(H,12,15)(H,13,16). The van der Waals surface area contributed by atoms with Crippen LogP contribution in [0.25, 0.3) is 0 Å². The van der Waals surface area contributed by atoms with Crippen LogP contribution in [0.3, 0.4) is 0 Å². The molecule has 1 aromatic rings. The van der Waals surface area contributed by atoms with Gasteiger partial charge < -0.3 is 15.2 Å². The van der Waals surface area contributed by atoms with Crippen molar-refractivity contribution in [1.29, 1.82) is 0 Å². The van der Waals surface area contributed by atoms with Crippen molar-refractivity contribution in [2.75, 3.05) is 13.6 Å². The van der Waals surface area contributed by atoms with Crippen molar-refractivity contribution in [3.8, 4) is 0 Å². The molecule has 0 aliphatic carbocycles. The summed E-state index contributed by atoms with van der Waals surface area (Å²) in [5.41, 5.74) is 0.0742. The molecule has 0 aromatic carbocycles. The molecule has 1 aliphatic rings. The van der Waals surface area contributed by atoms with E-state index in [0.29, 0.717) is 18.5 Å². The Morgan fingerprint density at radius 1 is 1.47 bits per heavy atom. The fraction of sp³-hybridized carbons (Fsp3) is 0.364. The summed E-state index contributed by atoms with van der Waals surface area (Å²) in [5, 5.41) is 2.64. The average molecular weight is 235 g/mol. The summed E-state index contributed by atoms with van der Waals surface area (Å²) in [6, 6.07) is 2.24. The first-order chi connectivity index (χ1) is 8.08. The number of carbonyl (C=O) groups is 2. The van der Waals surface area contributed by atoms with E-state index in [1.165, 1.54) is 18.3 Å². The first-order valence-corrected chi connectivity index (χ1v) is 5.32. The number of likely N-dealkylation sites (tertiary alicyclic amines) is 1. The molecule has 2 heterocycles. The Morgan fingerprint density at radius 3 is 2.76 bits per heavy atom. The van der Waals surface area contributed by atoms with Crippen LogP contribution in [0.5, 0.6) is 0 Å². The summed E-state index contributed by atoms with van der Waals surface area (Å²) in [6.07, 6.45) is 1.95. The average Bonchev–Trinajstić information content (AvgIpc) is 2.62. The SMILES string of the molecule is CN1CCC(NC(=O)c2ccc(=O)[nH]c2)C1=O. The highest BCUT2D eigenvalue weighted by Crippen LogP contribution is 2.09.